The number of nitrogens with zero attached hydrogens (tertiary/aromatic N) is 2. The number of fused-ring (bicyclic) bond motifs is 1. The van der Waals surface area contributed by atoms with Gasteiger partial charge < -0.3 is 14.2 Å². The Morgan fingerprint density at radius 3 is 2.50 bits per heavy atom. The molecule has 42 heavy (non-hydrogen) atoms. The van der Waals surface area contributed by atoms with Crippen molar-refractivity contribution in [2.75, 3.05) is 13.2 Å². The fourth-order valence-corrected chi connectivity index (χ4v) is 6.10. The zero-order valence-corrected chi connectivity index (χ0v) is 25.6. The zero-order chi connectivity index (χ0) is 29.8. The maximum absolute atomic E-state index is 14.0. The van der Waals surface area contributed by atoms with Gasteiger partial charge in [0, 0.05) is 21.2 Å². The molecular formula is C32H28Cl2N2O5S. The summed E-state index contributed by atoms with van der Waals surface area (Å²) >= 11 is 13.9. The molecule has 10 heteroatoms. The molecule has 1 aliphatic rings. The highest BCUT2D eigenvalue weighted by Crippen LogP contribution is 2.32. The molecule has 0 spiro atoms. The maximum atomic E-state index is 14.0. The van der Waals surface area contributed by atoms with Crippen molar-refractivity contribution in [3.63, 3.8) is 0 Å². The van der Waals surface area contributed by atoms with Crippen molar-refractivity contribution in [1.82, 2.24) is 4.57 Å². The predicted molar refractivity (Wildman–Crippen MR) is 165 cm³/mol. The summed E-state index contributed by atoms with van der Waals surface area (Å²) in [6, 6.07) is 19.3. The van der Waals surface area contributed by atoms with Crippen LogP contribution in [0, 0.1) is 0 Å². The summed E-state index contributed by atoms with van der Waals surface area (Å²) in [5.41, 5.74) is 2.69. The molecule has 3 aromatic carbocycles. The average molecular weight is 624 g/mol. The van der Waals surface area contributed by atoms with Gasteiger partial charge in [0.2, 0.25) is 0 Å². The minimum atomic E-state index is -0.728. The molecule has 0 radical (unpaired) electrons. The molecule has 1 aromatic heterocycles. The summed E-state index contributed by atoms with van der Waals surface area (Å²) in [7, 11) is 0. The number of carbonyl (C=O) groups is 1. The first-order chi connectivity index (χ1) is 20.3. The van der Waals surface area contributed by atoms with E-state index in [9.17, 15) is 9.59 Å². The largest absolute Gasteiger partial charge is 0.494 e. The van der Waals surface area contributed by atoms with Gasteiger partial charge in [-0.05, 0) is 68.8 Å². The van der Waals surface area contributed by atoms with E-state index in [4.69, 9.17) is 37.4 Å². The van der Waals surface area contributed by atoms with Crippen LogP contribution in [-0.2, 0) is 16.1 Å². The SMILES string of the molecule is CCOC(=O)C1=C(C)N=c2s/c(=C\c3cc(Cl)ccc3OCc3ccccc3Cl)c(=O)n2[C@H]1c1ccc(OCC)cc1. The Labute approximate surface area is 256 Å². The number of aromatic nitrogens is 1. The fourth-order valence-electron chi connectivity index (χ4n) is 4.70. The summed E-state index contributed by atoms with van der Waals surface area (Å²) in [4.78, 5) is 32.3. The van der Waals surface area contributed by atoms with Crippen molar-refractivity contribution in [2.24, 2.45) is 4.99 Å². The lowest BCUT2D eigenvalue weighted by Gasteiger charge is -2.24. The first-order valence-electron chi connectivity index (χ1n) is 13.4. The number of thiazole rings is 1. The number of hydrogen-bond donors (Lipinski definition) is 0. The number of hydrogen-bond acceptors (Lipinski definition) is 7. The van der Waals surface area contributed by atoms with Crippen molar-refractivity contribution >= 4 is 46.6 Å². The molecule has 0 saturated heterocycles. The van der Waals surface area contributed by atoms with Crippen LogP contribution in [0.5, 0.6) is 11.5 Å². The Hall–Kier alpha value is -3.85. The topological polar surface area (TPSA) is 79.1 Å². The van der Waals surface area contributed by atoms with Gasteiger partial charge in [-0.3, -0.25) is 9.36 Å². The molecular weight excluding hydrogens is 595 g/mol. The first-order valence-corrected chi connectivity index (χ1v) is 15.0. The molecule has 0 aliphatic carbocycles. The lowest BCUT2D eigenvalue weighted by molar-refractivity contribution is -0.139. The smallest absolute Gasteiger partial charge is 0.338 e. The molecule has 1 atom stereocenters. The molecule has 1 aliphatic heterocycles. The van der Waals surface area contributed by atoms with Gasteiger partial charge in [0.15, 0.2) is 4.80 Å². The van der Waals surface area contributed by atoms with Gasteiger partial charge in [0.1, 0.15) is 18.1 Å². The van der Waals surface area contributed by atoms with Gasteiger partial charge in [0.25, 0.3) is 5.56 Å². The highest BCUT2D eigenvalue weighted by molar-refractivity contribution is 7.07. The van der Waals surface area contributed by atoms with Crippen LogP contribution < -0.4 is 24.4 Å². The lowest BCUT2D eigenvalue weighted by Crippen LogP contribution is -2.39. The summed E-state index contributed by atoms with van der Waals surface area (Å²) in [5, 5.41) is 1.09. The molecule has 0 bridgehead atoms. The number of ether oxygens (including phenoxy) is 3. The van der Waals surface area contributed by atoms with Gasteiger partial charge in [0.05, 0.1) is 35.1 Å². The van der Waals surface area contributed by atoms with Crippen LogP contribution in [0.3, 0.4) is 0 Å². The van der Waals surface area contributed by atoms with E-state index in [2.05, 4.69) is 4.99 Å². The summed E-state index contributed by atoms with van der Waals surface area (Å²) < 4.78 is 19.0. The first kappa shape index (κ1) is 29.6. The molecule has 0 unspecified atom stereocenters. The number of halogens is 2. The van der Waals surface area contributed by atoms with Gasteiger partial charge in [-0.25, -0.2) is 9.79 Å². The Bertz CT molecular complexity index is 1840. The van der Waals surface area contributed by atoms with Crippen LogP contribution in [0.25, 0.3) is 6.08 Å². The number of benzene rings is 3. The highest BCUT2D eigenvalue weighted by atomic mass is 35.5. The van der Waals surface area contributed by atoms with Crippen molar-refractivity contribution in [3.8, 4) is 11.5 Å². The summed E-state index contributed by atoms with van der Waals surface area (Å²) in [5.74, 6) is 0.714. The van der Waals surface area contributed by atoms with Crippen LogP contribution >= 0.6 is 34.5 Å². The van der Waals surface area contributed by atoms with Crippen molar-refractivity contribution < 1.29 is 19.0 Å². The number of esters is 1. The Balaban J connectivity index is 1.61. The van der Waals surface area contributed by atoms with Gasteiger partial charge in [-0.2, -0.15) is 0 Å². The molecule has 216 valence electrons. The van der Waals surface area contributed by atoms with Crippen LogP contribution in [0.2, 0.25) is 10.0 Å². The normalized spacial score (nSPS) is 14.8. The highest BCUT2D eigenvalue weighted by Gasteiger charge is 2.33. The van der Waals surface area contributed by atoms with E-state index >= 15 is 0 Å². The third kappa shape index (κ3) is 6.16. The monoisotopic (exact) mass is 622 g/mol. The molecule has 4 aromatic rings. The van der Waals surface area contributed by atoms with Gasteiger partial charge in [-0.1, -0.05) is 64.9 Å². The van der Waals surface area contributed by atoms with E-state index in [0.29, 0.717) is 54.3 Å². The molecule has 7 nitrogen and oxygen atoms in total. The molecule has 0 fully saturated rings. The number of allylic oxidation sites excluding steroid dienone is 1. The zero-order valence-electron chi connectivity index (χ0n) is 23.2. The Morgan fingerprint density at radius 1 is 1.02 bits per heavy atom. The lowest BCUT2D eigenvalue weighted by atomic mass is 9.96. The third-order valence-corrected chi connectivity index (χ3v) is 8.21. The van der Waals surface area contributed by atoms with E-state index in [1.165, 1.54) is 11.3 Å². The Kier molecular flexibility index (Phi) is 9.16. The number of carbonyl (C=O) groups excluding carboxylic acids is 1. The molecule has 5 rings (SSSR count). The molecule has 0 saturated carbocycles. The van der Waals surface area contributed by atoms with Crippen LogP contribution in [0.15, 0.2) is 87.8 Å². The predicted octanol–water partition coefficient (Wildman–Crippen LogP) is 6.08. The quantitative estimate of drug-likeness (QED) is 0.211. The van der Waals surface area contributed by atoms with E-state index in [0.717, 1.165) is 11.1 Å². The minimum Gasteiger partial charge on any atom is -0.494 e. The summed E-state index contributed by atoms with van der Waals surface area (Å²) in [6.45, 7) is 6.36. The van der Waals surface area contributed by atoms with Gasteiger partial charge in [-0.15, -0.1) is 0 Å². The van der Waals surface area contributed by atoms with Crippen molar-refractivity contribution in [2.45, 2.75) is 33.4 Å². The molecule has 2 heterocycles. The molecule has 0 N–H and O–H groups in total. The maximum Gasteiger partial charge on any atom is 0.338 e. The second-order valence-corrected chi connectivity index (χ2v) is 11.2. The summed E-state index contributed by atoms with van der Waals surface area (Å²) in [6.07, 6.45) is 1.73. The second kappa shape index (κ2) is 13.0. The van der Waals surface area contributed by atoms with Crippen molar-refractivity contribution in [3.05, 3.63) is 124 Å². The second-order valence-electron chi connectivity index (χ2n) is 9.37. The minimum absolute atomic E-state index is 0.196. The third-order valence-electron chi connectivity index (χ3n) is 6.62. The molecule has 0 amide bonds. The van der Waals surface area contributed by atoms with E-state index in [-0.39, 0.29) is 18.8 Å². The van der Waals surface area contributed by atoms with E-state index < -0.39 is 12.0 Å². The fraction of sp³-hybridized carbons (Fsp3) is 0.219. The average Bonchev–Trinajstić information content (AvgIpc) is 3.27. The van der Waals surface area contributed by atoms with E-state index in [1.807, 2.05) is 49.4 Å². The Morgan fingerprint density at radius 2 is 1.79 bits per heavy atom. The van der Waals surface area contributed by atoms with Crippen molar-refractivity contribution in [1.29, 1.82) is 0 Å². The van der Waals surface area contributed by atoms with Crippen LogP contribution in [-0.4, -0.2) is 23.8 Å². The van der Waals surface area contributed by atoms with Gasteiger partial charge >= 0.3 is 5.97 Å². The van der Waals surface area contributed by atoms with Crippen LogP contribution in [0.4, 0.5) is 0 Å². The van der Waals surface area contributed by atoms with E-state index in [1.54, 1.807) is 48.8 Å². The number of rotatable bonds is 9. The van der Waals surface area contributed by atoms with Crippen LogP contribution in [0.1, 0.15) is 43.5 Å². The standard InChI is InChI=1S/C32H28Cl2N2O5S/c1-4-39-24-13-10-20(11-14-24)29-28(31(38)40-5-2)19(3)35-32-36(29)30(37)27(42-32)17-22-16-23(33)12-15-26(22)41-18-21-8-6-7-9-25(21)34/h6-17,29H,4-5,18H2,1-3H3/b27-17-/t29-/m0/s1.